The second kappa shape index (κ2) is 6.73. The summed E-state index contributed by atoms with van der Waals surface area (Å²) in [5, 5.41) is 0. The fourth-order valence-corrected chi connectivity index (χ4v) is 5.50. The Morgan fingerprint density at radius 1 is 1.11 bits per heavy atom. The van der Waals surface area contributed by atoms with Gasteiger partial charge in [-0.3, -0.25) is 9.59 Å². The topological polar surface area (TPSA) is 71.1 Å². The van der Waals surface area contributed by atoms with Crippen molar-refractivity contribution in [3.63, 3.8) is 0 Å². The number of ether oxygens (including phenoxy) is 4. The van der Waals surface area contributed by atoms with Gasteiger partial charge in [0, 0.05) is 18.3 Å². The third-order valence-corrected chi connectivity index (χ3v) is 6.50. The number of hydrogen-bond donors (Lipinski definition) is 0. The van der Waals surface area contributed by atoms with Gasteiger partial charge in [0.1, 0.15) is 17.7 Å². The first-order valence-electron chi connectivity index (χ1n) is 10.1. The summed E-state index contributed by atoms with van der Waals surface area (Å²) in [6, 6.07) is 9.99. The summed E-state index contributed by atoms with van der Waals surface area (Å²) < 4.78 is 24.6. The lowest BCUT2D eigenvalue weighted by Gasteiger charge is -2.45. The maximum Gasteiger partial charge on any atom is 0.187 e. The number of benzene rings is 1. The smallest absolute Gasteiger partial charge is 0.187 e. The van der Waals surface area contributed by atoms with Gasteiger partial charge in [0.15, 0.2) is 12.1 Å². The van der Waals surface area contributed by atoms with Crippen LogP contribution in [-0.4, -0.2) is 42.0 Å². The van der Waals surface area contributed by atoms with Crippen LogP contribution < -0.4 is 0 Å². The van der Waals surface area contributed by atoms with Gasteiger partial charge >= 0.3 is 0 Å². The van der Waals surface area contributed by atoms with Crippen molar-refractivity contribution in [1.82, 2.24) is 0 Å². The van der Waals surface area contributed by atoms with Crippen molar-refractivity contribution in [1.29, 1.82) is 0 Å². The van der Waals surface area contributed by atoms with Crippen LogP contribution in [-0.2, 0) is 35.1 Å². The van der Waals surface area contributed by atoms with Crippen molar-refractivity contribution in [2.75, 3.05) is 0 Å². The Morgan fingerprint density at radius 2 is 1.89 bits per heavy atom. The number of Topliss-reactive ketones (excluding diaryl/α,β-unsaturated/α-hetero) is 2. The van der Waals surface area contributed by atoms with Crippen LogP contribution in [0.25, 0.3) is 0 Å². The molecule has 150 valence electrons. The van der Waals surface area contributed by atoms with Crippen LogP contribution in [0.1, 0.15) is 38.7 Å². The summed E-state index contributed by atoms with van der Waals surface area (Å²) >= 11 is 0. The molecule has 2 saturated heterocycles. The van der Waals surface area contributed by atoms with E-state index >= 15 is 0 Å². The van der Waals surface area contributed by atoms with Gasteiger partial charge in [-0.05, 0) is 31.7 Å². The maximum atomic E-state index is 12.8. The quantitative estimate of drug-likeness (QED) is 0.744. The number of ketones is 2. The Balaban J connectivity index is 1.41. The minimum absolute atomic E-state index is 0.00886. The minimum Gasteiger partial charge on any atom is -0.371 e. The van der Waals surface area contributed by atoms with Gasteiger partial charge in [-0.25, -0.2) is 0 Å². The molecular weight excluding hydrogens is 360 g/mol. The van der Waals surface area contributed by atoms with Crippen molar-refractivity contribution >= 4 is 11.6 Å². The lowest BCUT2D eigenvalue weighted by molar-refractivity contribution is -0.236. The largest absolute Gasteiger partial charge is 0.371 e. The SMILES string of the molecule is CC1(C)O[C@H]2O[C@H]3[C@H]([C@H]2O1)[C@H]1C(=O)CC(=O)C[C@@H]1C[C@H]3OCc1ccccc1. The predicted octanol–water partition coefficient (Wildman–Crippen LogP) is 2.63. The first-order chi connectivity index (χ1) is 13.4. The summed E-state index contributed by atoms with van der Waals surface area (Å²) in [4.78, 5) is 24.9. The first-order valence-corrected chi connectivity index (χ1v) is 10.1. The van der Waals surface area contributed by atoms with Crippen molar-refractivity contribution < 1.29 is 28.5 Å². The molecule has 0 aromatic heterocycles. The summed E-state index contributed by atoms with van der Waals surface area (Å²) in [5.74, 6) is -1.04. The van der Waals surface area contributed by atoms with Gasteiger partial charge < -0.3 is 18.9 Å². The molecule has 0 spiro atoms. The molecule has 4 aliphatic rings. The van der Waals surface area contributed by atoms with Gasteiger partial charge in [0.2, 0.25) is 0 Å². The van der Waals surface area contributed by atoms with Crippen LogP contribution in [0, 0.1) is 17.8 Å². The molecule has 0 radical (unpaired) electrons. The number of hydrogen-bond acceptors (Lipinski definition) is 6. The number of rotatable bonds is 3. The van der Waals surface area contributed by atoms with Gasteiger partial charge in [-0.15, -0.1) is 0 Å². The molecule has 2 aliphatic heterocycles. The van der Waals surface area contributed by atoms with Gasteiger partial charge in [0.25, 0.3) is 0 Å². The second-order valence-corrected chi connectivity index (χ2v) is 8.89. The fourth-order valence-electron chi connectivity index (χ4n) is 5.50. The Hall–Kier alpha value is -1.60. The fraction of sp³-hybridized carbons (Fsp3) is 0.636. The molecular formula is C22H26O6. The lowest BCUT2D eigenvalue weighted by Crippen LogP contribution is -2.54. The van der Waals surface area contributed by atoms with E-state index in [-0.39, 0.29) is 54.1 Å². The highest BCUT2D eigenvalue weighted by Gasteiger charge is 2.63. The third-order valence-electron chi connectivity index (χ3n) is 6.50. The van der Waals surface area contributed by atoms with Gasteiger partial charge in [0.05, 0.1) is 25.2 Å². The molecule has 0 bridgehead atoms. The highest BCUT2D eigenvalue weighted by molar-refractivity contribution is 6.03. The molecule has 2 saturated carbocycles. The predicted molar refractivity (Wildman–Crippen MR) is 98.1 cm³/mol. The highest BCUT2D eigenvalue weighted by atomic mass is 16.8. The van der Waals surface area contributed by atoms with E-state index < -0.39 is 12.1 Å². The van der Waals surface area contributed by atoms with Crippen molar-refractivity contribution in [2.45, 2.75) is 70.1 Å². The van der Waals surface area contributed by atoms with E-state index in [0.717, 1.165) is 5.56 Å². The van der Waals surface area contributed by atoms with E-state index in [0.29, 0.717) is 19.4 Å². The normalized spacial score (nSPS) is 41.4. The Bertz CT molecular complexity index is 774. The van der Waals surface area contributed by atoms with Gasteiger partial charge in [-0.1, -0.05) is 30.3 Å². The average Bonchev–Trinajstić information content (AvgIpc) is 3.12. The summed E-state index contributed by atoms with van der Waals surface area (Å²) in [7, 11) is 0. The van der Waals surface area contributed by atoms with Crippen LogP contribution in [0.15, 0.2) is 30.3 Å². The molecule has 2 heterocycles. The minimum atomic E-state index is -0.735. The average molecular weight is 386 g/mol. The van der Waals surface area contributed by atoms with Crippen molar-refractivity contribution in [2.24, 2.45) is 17.8 Å². The molecule has 5 rings (SSSR count). The zero-order chi connectivity index (χ0) is 19.5. The number of carbonyl (C=O) groups excluding carboxylic acids is 2. The third kappa shape index (κ3) is 3.12. The molecule has 1 aromatic carbocycles. The Kier molecular flexibility index (Phi) is 4.43. The molecule has 6 heteroatoms. The number of fused-ring (bicyclic) bond motifs is 5. The molecule has 6 nitrogen and oxygen atoms in total. The molecule has 4 fully saturated rings. The molecule has 2 aliphatic carbocycles. The Labute approximate surface area is 164 Å². The molecule has 28 heavy (non-hydrogen) atoms. The summed E-state index contributed by atoms with van der Waals surface area (Å²) in [5.41, 5.74) is 1.09. The van der Waals surface area contributed by atoms with Crippen molar-refractivity contribution in [3.8, 4) is 0 Å². The second-order valence-electron chi connectivity index (χ2n) is 8.89. The molecule has 0 amide bonds. The lowest BCUT2D eigenvalue weighted by atomic mass is 9.62. The molecule has 0 N–H and O–H groups in total. The van der Waals surface area contributed by atoms with Crippen molar-refractivity contribution in [3.05, 3.63) is 35.9 Å². The van der Waals surface area contributed by atoms with Crippen LogP contribution in [0.5, 0.6) is 0 Å². The zero-order valence-electron chi connectivity index (χ0n) is 16.2. The monoisotopic (exact) mass is 386 g/mol. The van der Waals surface area contributed by atoms with Crippen LogP contribution in [0.3, 0.4) is 0 Å². The van der Waals surface area contributed by atoms with Crippen LogP contribution >= 0.6 is 0 Å². The molecule has 0 unspecified atom stereocenters. The van der Waals surface area contributed by atoms with Gasteiger partial charge in [-0.2, -0.15) is 0 Å². The summed E-state index contributed by atoms with van der Waals surface area (Å²) in [6.45, 7) is 4.19. The van der Waals surface area contributed by atoms with E-state index in [1.165, 1.54) is 0 Å². The van der Waals surface area contributed by atoms with E-state index in [4.69, 9.17) is 18.9 Å². The van der Waals surface area contributed by atoms with E-state index in [1.807, 2.05) is 44.2 Å². The Morgan fingerprint density at radius 3 is 2.68 bits per heavy atom. The maximum absolute atomic E-state index is 12.8. The first kappa shape index (κ1) is 18.4. The van der Waals surface area contributed by atoms with Crippen LogP contribution in [0.4, 0.5) is 0 Å². The van der Waals surface area contributed by atoms with E-state index in [2.05, 4.69) is 0 Å². The number of carbonyl (C=O) groups is 2. The standard InChI is InChI=1S/C22H26O6/c1-22(2)27-20-18-17-13(8-14(23)10-15(17)24)9-16(19(18)26-21(20)28-22)25-11-12-6-4-3-5-7-12/h3-7,13,16-21H,8-11H2,1-2H3/t13-,16-,17-,18-,19-,20-,21-/m1/s1. The van der Waals surface area contributed by atoms with E-state index in [1.54, 1.807) is 0 Å². The highest BCUT2D eigenvalue weighted by Crippen LogP contribution is 2.53. The molecule has 1 aromatic rings. The molecule has 7 atom stereocenters. The summed E-state index contributed by atoms with van der Waals surface area (Å²) in [6.07, 6.45) is -0.114. The zero-order valence-corrected chi connectivity index (χ0v) is 16.2. The van der Waals surface area contributed by atoms with E-state index in [9.17, 15) is 9.59 Å². The van der Waals surface area contributed by atoms with Crippen LogP contribution in [0.2, 0.25) is 0 Å².